The van der Waals surface area contributed by atoms with E-state index in [2.05, 4.69) is 10.0 Å². The van der Waals surface area contributed by atoms with Crippen LogP contribution in [0.5, 0.6) is 0 Å². The number of carbonyl (C=O) groups is 1. The summed E-state index contributed by atoms with van der Waals surface area (Å²) >= 11 is 0. The molecule has 0 aliphatic carbocycles. The largest absolute Gasteiger partial charge is 0.356 e. The molecule has 0 aromatic heterocycles. The van der Waals surface area contributed by atoms with Crippen molar-refractivity contribution in [3.63, 3.8) is 0 Å². The van der Waals surface area contributed by atoms with E-state index in [1.165, 1.54) is 26.0 Å². The van der Waals surface area contributed by atoms with E-state index in [0.717, 1.165) is 17.4 Å². The van der Waals surface area contributed by atoms with Gasteiger partial charge in [0, 0.05) is 22.6 Å². The summed E-state index contributed by atoms with van der Waals surface area (Å²) in [6.07, 6.45) is 0. The standard InChI is InChI=1S/C21H19FN2O3S/c1-14-12-20(10-11-21(14)22)28(26,27)24-18-8-6-17(7-9-18)23-19-5-3-4-16(13-19)15(2)25/h3-13,23-24H,1-2H3. The highest BCUT2D eigenvalue weighted by Crippen LogP contribution is 2.22. The first-order valence-electron chi connectivity index (χ1n) is 8.52. The summed E-state index contributed by atoms with van der Waals surface area (Å²) in [7, 11) is -3.81. The topological polar surface area (TPSA) is 75.3 Å². The van der Waals surface area contributed by atoms with Gasteiger partial charge in [-0.15, -0.1) is 0 Å². The third-order valence-corrected chi connectivity index (χ3v) is 5.51. The molecule has 3 rings (SSSR count). The van der Waals surface area contributed by atoms with E-state index in [9.17, 15) is 17.6 Å². The number of Topliss-reactive ketones (excluding diaryl/α,β-unsaturated/α-hetero) is 1. The van der Waals surface area contributed by atoms with Crippen LogP contribution in [0.2, 0.25) is 0 Å². The van der Waals surface area contributed by atoms with Crippen LogP contribution in [0.25, 0.3) is 0 Å². The van der Waals surface area contributed by atoms with Gasteiger partial charge in [0.1, 0.15) is 5.82 Å². The van der Waals surface area contributed by atoms with Crippen LogP contribution >= 0.6 is 0 Å². The number of aryl methyl sites for hydroxylation is 1. The number of hydrogen-bond donors (Lipinski definition) is 2. The molecule has 0 unspecified atom stereocenters. The first-order chi connectivity index (χ1) is 13.2. The van der Waals surface area contributed by atoms with Gasteiger partial charge in [0.05, 0.1) is 4.90 Å². The van der Waals surface area contributed by atoms with Crippen molar-refractivity contribution >= 4 is 32.9 Å². The maximum Gasteiger partial charge on any atom is 0.261 e. The second kappa shape index (κ2) is 7.82. The van der Waals surface area contributed by atoms with Gasteiger partial charge in [-0.1, -0.05) is 12.1 Å². The van der Waals surface area contributed by atoms with Gasteiger partial charge < -0.3 is 5.32 Å². The second-order valence-electron chi connectivity index (χ2n) is 6.36. The predicted octanol–water partition coefficient (Wildman–Crippen LogP) is 4.88. The molecule has 3 aromatic rings. The summed E-state index contributed by atoms with van der Waals surface area (Å²) in [4.78, 5) is 11.5. The van der Waals surface area contributed by atoms with E-state index < -0.39 is 15.8 Å². The second-order valence-corrected chi connectivity index (χ2v) is 8.04. The maximum atomic E-state index is 13.4. The minimum Gasteiger partial charge on any atom is -0.356 e. The van der Waals surface area contributed by atoms with Gasteiger partial charge in [0.15, 0.2) is 5.78 Å². The van der Waals surface area contributed by atoms with E-state index in [4.69, 9.17) is 0 Å². The molecule has 0 saturated heterocycles. The van der Waals surface area contributed by atoms with Crippen LogP contribution in [0, 0.1) is 12.7 Å². The summed E-state index contributed by atoms with van der Waals surface area (Å²) in [5, 5.41) is 3.16. The molecule has 0 saturated carbocycles. The highest BCUT2D eigenvalue weighted by atomic mass is 32.2. The Morgan fingerprint density at radius 2 is 1.57 bits per heavy atom. The number of ketones is 1. The SMILES string of the molecule is CC(=O)c1cccc(Nc2ccc(NS(=O)(=O)c3ccc(F)c(C)c3)cc2)c1. The van der Waals surface area contributed by atoms with Crippen molar-refractivity contribution < 1.29 is 17.6 Å². The van der Waals surface area contributed by atoms with E-state index >= 15 is 0 Å². The molecule has 2 N–H and O–H groups in total. The summed E-state index contributed by atoms with van der Waals surface area (Å²) in [6.45, 7) is 3.01. The zero-order valence-corrected chi connectivity index (χ0v) is 16.2. The van der Waals surface area contributed by atoms with Gasteiger partial charge in [0.25, 0.3) is 10.0 Å². The molecule has 0 radical (unpaired) electrons. The van der Waals surface area contributed by atoms with Crippen LogP contribution in [0.15, 0.2) is 71.6 Å². The molecular weight excluding hydrogens is 379 g/mol. The third-order valence-electron chi connectivity index (χ3n) is 4.13. The zero-order valence-electron chi connectivity index (χ0n) is 15.4. The molecule has 7 heteroatoms. The van der Waals surface area contributed by atoms with Crippen LogP contribution in [-0.4, -0.2) is 14.2 Å². The van der Waals surface area contributed by atoms with Crippen LogP contribution < -0.4 is 10.0 Å². The van der Waals surface area contributed by atoms with Crippen molar-refractivity contribution in [1.29, 1.82) is 0 Å². The lowest BCUT2D eigenvalue weighted by atomic mass is 10.1. The Kier molecular flexibility index (Phi) is 5.46. The Labute approximate surface area is 163 Å². The number of benzene rings is 3. The van der Waals surface area contributed by atoms with Crippen LogP contribution in [0.3, 0.4) is 0 Å². The lowest BCUT2D eigenvalue weighted by molar-refractivity contribution is 0.101. The van der Waals surface area contributed by atoms with Crippen LogP contribution in [0.1, 0.15) is 22.8 Å². The molecule has 0 amide bonds. The molecule has 0 heterocycles. The van der Waals surface area contributed by atoms with E-state index in [0.29, 0.717) is 11.3 Å². The van der Waals surface area contributed by atoms with E-state index in [1.807, 2.05) is 6.07 Å². The molecule has 5 nitrogen and oxygen atoms in total. The fourth-order valence-corrected chi connectivity index (χ4v) is 3.75. The highest BCUT2D eigenvalue weighted by molar-refractivity contribution is 7.92. The number of sulfonamides is 1. The number of carbonyl (C=O) groups excluding carboxylic acids is 1. The monoisotopic (exact) mass is 398 g/mol. The smallest absolute Gasteiger partial charge is 0.261 e. The average molecular weight is 398 g/mol. The van der Waals surface area contributed by atoms with Crippen molar-refractivity contribution in [1.82, 2.24) is 0 Å². The molecule has 3 aromatic carbocycles. The quantitative estimate of drug-likeness (QED) is 0.580. The number of rotatable bonds is 6. The molecule has 0 atom stereocenters. The van der Waals surface area contributed by atoms with Gasteiger partial charge in [-0.05, 0) is 74.0 Å². The maximum absolute atomic E-state index is 13.4. The number of nitrogens with one attached hydrogen (secondary N) is 2. The summed E-state index contributed by atoms with van der Waals surface area (Å²) in [5.41, 5.74) is 2.73. The average Bonchev–Trinajstić information content (AvgIpc) is 2.65. The number of hydrogen-bond acceptors (Lipinski definition) is 4. The van der Waals surface area contributed by atoms with Gasteiger partial charge in [-0.2, -0.15) is 0 Å². The Morgan fingerprint density at radius 3 is 2.21 bits per heavy atom. The minimum atomic E-state index is -3.81. The first-order valence-corrected chi connectivity index (χ1v) is 10.00. The first kappa shape index (κ1) is 19.6. The van der Waals surface area contributed by atoms with Crippen molar-refractivity contribution in [3.05, 3.63) is 83.7 Å². The lowest BCUT2D eigenvalue weighted by Crippen LogP contribution is -2.13. The predicted molar refractivity (Wildman–Crippen MR) is 108 cm³/mol. The number of anilines is 3. The van der Waals surface area contributed by atoms with Gasteiger partial charge in [-0.3, -0.25) is 9.52 Å². The fraction of sp³-hybridized carbons (Fsp3) is 0.0952. The Hall–Kier alpha value is -3.19. The van der Waals surface area contributed by atoms with Crippen molar-refractivity contribution in [2.75, 3.05) is 10.0 Å². The van der Waals surface area contributed by atoms with Crippen LogP contribution in [-0.2, 0) is 10.0 Å². The highest BCUT2D eigenvalue weighted by Gasteiger charge is 2.15. The van der Waals surface area contributed by atoms with Gasteiger partial charge in [0.2, 0.25) is 0 Å². The Bertz CT molecular complexity index is 1130. The van der Waals surface area contributed by atoms with Crippen molar-refractivity contribution in [2.45, 2.75) is 18.7 Å². The van der Waals surface area contributed by atoms with E-state index in [1.54, 1.807) is 42.5 Å². The minimum absolute atomic E-state index is 0.00495. The molecule has 0 aliphatic rings. The van der Waals surface area contributed by atoms with Crippen molar-refractivity contribution in [3.8, 4) is 0 Å². The normalized spacial score (nSPS) is 11.1. The fourth-order valence-electron chi connectivity index (χ4n) is 2.60. The molecule has 0 spiro atoms. The van der Waals surface area contributed by atoms with Crippen LogP contribution in [0.4, 0.5) is 21.5 Å². The lowest BCUT2D eigenvalue weighted by Gasteiger charge is -2.11. The summed E-state index contributed by atoms with van der Waals surface area (Å²) in [5.74, 6) is -0.479. The van der Waals surface area contributed by atoms with Gasteiger partial charge in [-0.25, -0.2) is 12.8 Å². The summed E-state index contributed by atoms with van der Waals surface area (Å²) in [6, 6.07) is 17.4. The zero-order chi connectivity index (χ0) is 20.3. The third kappa shape index (κ3) is 4.55. The molecule has 0 aliphatic heterocycles. The number of halogens is 1. The summed E-state index contributed by atoms with van der Waals surface area (Å²) < 4.78 is 40.8. The van der Waals surface area contributed by atoms with Gasteiger partial charge >= 0.3 is 0 Å². The Balaban J connectivity index is 1.74. The van der Waals surface area contributed by atoms with Crippen molar-refractivity contribution in [2.24, 2.45) is 0 Å². The molecular formula is C21H19FN2O3S. The van der Waals surface area contributed by atoms with E-state index in [-0.39, 0.29) is 16.2 Å². The molecule has 28 heavy (non-hydrogen) atoms. The molecule has 0 fully saturated rings. The molecule has 144 valence electrons. The molecule has 0 bridgehead atoms. The Morgan fingerprint density at radius 1 is 0.893 bits per heavy atom.